The van der Waals surface area contributed by atoms with Crippen LogP contribution in [0, 0.1) is 22.7 Å². The minimum Gasteiger partial charge on any atom is -0.336 e. The molecule has 1 saturated heterocycles. The molecule has 4 rings (SSSR count). The normalized spacial score (nSPS) is 25.1. The topological polar surface area (TPSA) is 44.1 Å². The smallest absolute Gasteiger partial charge is 0.244 e. The van der Waals surface area contributed by atoms with Crippen molar-refractivity contribution >= 4 is 11.5 Å². The van der Waals surface area contributed by atoms with Crippen molar-refractivity contribution in [3.63, 3.8) is 0 Å². The Kier molecular flexibility index (Phi) is 3.28. The molecule has 1 heterocycles. The molecule has 1 aliphatic carbocycles. The third-order valence-electron chi connectivity index (χ3n) is 5.34. The quantitative estimate of drug-likeness (QED) is 0.852. The van der Waals surface area contributed by atoms with Gasteiger partial charge in [0.2, 0.25) is 5.91 Å². The summed E-state index contributed by atoms with van der Waals surface area (Å²) < 4.78 is 0. The van der Waals surface area contributed by atoms with Crippen molar-refractivity contribution < 1.29 is 4.79 Å². The number of benzene rings is 2. The minimum absolute atomic E-state index is 0.0606. The number of nitriles is 1. The molecular formula is C21H18N2O. The number of likely N-dealkylation sites (tertiary alicyclic amines) is 1. The van der Waals surface area contributed by atoms with Gasteiger partial charge in [0.15, 0.2) is 0 Å². The van der Waals surface area contributed by atoms with Gasteiger partial charge >= 0.3 is 0 Å². The van der Waals surface area contributed by atoms with E-state index in [1.54, 1.807) is 0 Å². The summed E-state index contributed by atoms with van der Waals surface area (Å²) in [7, 11) is 0. The van der Waals surface area contributed by atoms with E-state index in [-0.39, 0.29) is 11.8 Å². The summed E-state index contributed by atoms with van der Waals surface area (Å²) in [5.41, 5.74) is 3.15. The maximum absolute atomic E-state index is 13.1. The Labute approximate surface area is 141 Å². The SMILES string of the molecule is C=C1c2ccccc2C[C@]2(C#N)C(=O)N(Cc3ccccc3)C[C@@H]12. The lowest BCUT2D eigenvalue weighted by atomic mass is 9.65. The molecule has 0 aromatic heterocycles. The predicted molar refractivity (Wildman–Crippen MR) is 92.6 cm³/mol. The molecule has 2 aromatic carbocycles. The Bertz CT molecular complexity index is 865. The van der Waals surface area contributed by atoms with Crippen LogP contribution in [0.5, 0.6) is 0 Å². The molecule has 1 amide bonds. The van der Waals surface area contributed by atoms with Crippen molar-refractivity contribution in [2.75, 3.05) is 6.54 Å². The second kappa shape index (κ2) is 5.35. The third kappa shape index (κ3) is 2.00. The van der Waals surface area contributed by atoms with Gasteiger partial charge in [-0.1, -0.05) is 61.2 Å². The fraction of sp³-hybridized carbons (Fsp3) is 0.238. The van der Waals surface area contributed by atoms with E-state index in [0.717, 1.165) is 22.3 Å². The molecule has 2 aliphatic rings. The molecule has 1 fully saturated rings. The maximum Gasteiger partial charge on any atom is 0.244 e. The molecule has 24 heavy (non-hydrogen) atoms. The summed E-state index contributed by atoms with van der Waals surface area (Å²) in [6, 6.07) is 20.3. The van der Waals surface area contributed by atoms with Crippen molar-refractivity contribution in [3.05, 3.63) is 77.9 Å². The summed E-state index contributed by atoms with van der Waals surface area (Å²) >= 11 is 0. The van der Waals surface area contributed by atoms with E-state index >= 15 is 0 Å². The van der Waals surface area contributed by atoms with Crippen molar-refractivity contribution in [1.82, 2.24) is 4.90 Å². The molecule has 0 spiro atoms. The summed E-state index contributed by atoms with van der Waals surface area (Å²) in [4.78, 5) is 14.9. The van der Waals surface area contributed by atoms with Gasteiger partial charge in [0.05, 0.1) is 6.07 Å². The molecule has 3 nitrogen and oxygen atoms in total. The van der Waals surface area contributed by atoms with Gasteiger partial charge < -0.3 is 4.90 Å². The molecule has 0 radical (unpaired) electrons. The average Bonchev–Trinajstić information content (AvgIpc) is 2.89. The van der Waals surface area contributed by atoms with Gasteiger partial charge in [0.25, 0.3) is 0 Å². The highest BCUT2D eigenvalue weighted by atomic mass is 16.2. The number of fused-ring (bicyclic) bond motifs is 2. The molecule has 1 aliphatic heterocycles. The number of hydrogen-bond acceptors (Lipinski definition) is 2. The first-order valence-electron chi connectivity index (χ1n) is 8.17. The van der Waals surface area contributed by atoms with Gasteiger partial charge in [0, 0.05) is 25.4 Å². The number of carbonyl (C=O) groups excluding carboxylic acids is 1. The zero-order valence-electron chi connectivity index (χ0n) is 13.4. The number of amides is 1. The van der Waals surface area contributed by atoms with Crippen LogP contribution in [-0.4, -0.2) is 17.4 Å². The highest BCUT2D eigenvalue weighted by Crippen LogP contribution is 2.51. The van der Waals surface area contributed by atoms with E-state index in [9.17, 15) is 10.1 Å². The van der Waals surface area contributed by atoms with Crippen LogP contribution >= 0.6 is 0 Å². The van der Waals surface area contributed by atoms with E-state index in [2.05, 4.69) is 12.6 Å². The zero-order chi connectivity index (χ0) is 16.7. The fourth-order valence-corrected chi connectivity index (χ4v) is 4.08. The predicted octanol–water partition coefficient (Wildman–Crippen LogP) is 3.42. The maximum atomic E-state index is 13.1. The van der Waals surface area contributed by atoms with Gasteiger partial charge in [-0.3, -0.25) is 4.79 Å². The average molecular weight is 314 g/mol. The second-order valence-electron chi connectivity index (χ2n) is 6.67. The number of rotatable bonds is 2. The van der Waals surface area contributed by atoms with Crippen LogP contribution < -0.4 is 0 Å². The van der Waals surface area contributed by atoms with Crippen molar-refractivity contribution in [3.8, 4) is 6.07 Å². The molecule has 2 atom stereocenters. The first-order chi connectivity index (χ1) is 11.7. The van der Waals surface area contributed by atoms with Crippen molar-refractivity contribution in [2.24, 2.45) is 11.3 Å². The van der Waals surface area contributed by atoms with Crippen LogP contribution in [0.25, 0.3) is 5.57 Å². The van der Waals surface area contributed by atoms with Crippen molar-refractivity contribution in [2.45, 2.75) is 13.0 Å². The van der Waals surface area contributed by atoms with Crippen molar-refractivity contribution in [1.29, 1.82) is 5.26 Å². The van der Waals surface area contributed by atoms with E-state index in [1.165, 1.54) is 0 Å². The molecule has 0 saturated carbocycles. The Balaban J connectivity index is 1.72. The van der Waals surface area contributed by atoms with Gasteiger partial charge in [-0.25, -0.2) is 0 Å². The second-order valence-corrected chi connectivity index (χ2v) is 6.67. The number of hydrogen-bond donors (Lipinski definition) is 0. The first-order valence-corrected chi connectivity index (χ1v) is 8.17. The van der Waals surface area contributed by atoms with Crippen LogP contribution in [0.15, 0.2) is 61.2 Å². The monoisotopic (exact) mass is 314 g/mol. The summed E-state index contributed by atoms with van der Waals surface area (Å²) in [6.07, 6.45) is 0.480. The van der Waals surface area contributed by atoms with E-state index in [1.807, 2.05) is 59.5 Å². The zero-order valence-corrected chi connectivity index (χ0v) is 13.4. The van der Waals surface area contributed by atoms with Gasteiger partial charge in [-0.15, -0.1) is 0 Å². The molecule has 0 unspecified atom stereocenters. The summed E-state index contributed by atoms with van der Waals surface area (Å²) in [5, 5.41) is 9.91. The van der Waals surface area contributed by atoms with E-state index < -0.39 is 5.41 Å². The number of carbonyl (C=O) groups is 1. The molecular weight excluding hydrogens is 296 g/mol. The highest BCUT2D eigenvalue weighted by Gasteiger charge is 2.57. The van der Waals surface area contributed by atoms with Gasteiger partial charge in [0.1, 0.15) is 5.41 Å². The third-order valence-corrected chi connectivity index (χ3v) is 5.34. The highest BCUT2D eigenvalue weighted by molar-refractivity contribution is 5.94. The Morgan fingerprint density at radius 2 is 1.88 bits per heavy atom. The molecule has 0 bridgehead atoms. The summed E-state index contributed by atoms with van der Waals surface area (Å²) in [5.74, 6) is -0.192. The summed E-state index contributed by atoms with van der Waals surface area (Å²) in [6.45, 7) is 5.35. The lowest BCUT2D eigenvalue weighted by Crippen LogP contribution is -2.39. The van der Waals surface area contributed by atoms with Crippen LogP contribution in [0.1, 0.15) is 16.7 Å². The molecule has 118 valence electrons. The standard InChI is InChI=1S/C21H18N2O/c1-15-18-10-6-5-9-17(18)11-21(14-22)19(15)13-23(20(21)24)12-16-7-3-2-4-8-16/h2-10,19H,1,11-13H2/t19-,21+/m0/s1. The van der Waals surface area contributed by atoms with Crippen LogP contribution in [-0.2, 0) is 17.8 Å². The lowest BCUT2D eigenvalue weighted by molar-refractivity contribution is -0.134. The van der Waals surface area contributed by atoms with Gasteiger partial charge in [-0.2, -0.15) is 5.26 Å². The Hall–Kier alpha value is -2.86. The first kappa shape index (κ1) is 14.7. The fourth-order valence-electron chi connectivity index (χ4n) is 4.08. The Morgan fingerprint density at radius 3 is 2.62 bits per heavy atom. The number of nitrogens with zero attached hydrogens (tertiary/aromatic N) is 2. The Morgan fingerprint density at radius 1 is 1.17 bits per heavy atom. The minimum atomic E-state index is -1.000. The largest absolute Gasteiger partial charge is 0.336 e. The van der Waals surface area contributed by atoms with E-state index in [4.69, 9.17) is 0 Å². The molecule has 3 heteroatoms. The van der Waals surface area contributed by atoms with E-state index in [0.29, 0.717) is 19.5 Å². The van der Waals surface area contributed by atoms with Gasteiger partial charge in [-0.05, 0) is 22.3 Å². The van der Waals surface area contributed by atoms with Crippen LogP contribution in [0.3, 0.4) is 0 Å². The van der Waals surface area contributed by atoms with Crippen LogP contribution in [0.2, 0.25) is 0 Å². The molecule has 2 aromatic rings. The lowest BCUT2D eigenvalue weighted by Gasteiger charge is -2.33. The molecule has 0 N–H and O–H groups in total. The van der Waals surface area contributed by atoms with Crippen LogP contribution in [0.4, 0.5) is 0 Å².